The Morgan fingerprint density at radius 1 is 1.27 bits per heavy atom. The SMILES string of the molecule is O=C(NCc1ccccn1)c1c[nH]c2cc(Cl)ccc2c1=O. The summed E-state index contributed by atoms with van der Waals surface area (Å²) in [6.07, 6.45) is 3.04. The number of aromatic nitrogens is 2. The zero-order chi connectivity index (χ0) is 15.5. The molecule has 0 atom stereocenters. The first-order valence-electron chi connectivity index (χ1n) is 6.64. The summed E-state index contributed by atoms with van der Waals surface area (Å²) in [5.41, 5.74) is 1.05. The van der Waals surface area contributed by atoms with Crippen LogP contribution < -0.4 is 10.7 Å². The summed E-state index contributed by atoms with van der Waals surface area (Å²) < 4.78 is 0. The molecule has 3 rings (SSSR count). The number of amides is 1. The lowest BCUT2D eigenvalue weighted by Crippen LogP contribution is -2.28. The largest absolute Gasteiger partial charge is 0.360 e. The minimum atomic E-state index is -0.441. The third-order valence-corrected chi connectivity index (χ3v) is 3.48. The molecule has 2 heterocycles. The van der Waals surface area contributed by atoms with E-state index in [1.165, 1.54) is 6.20 Å². The van der Waals surface area contributed by atoms with Crippen LogP contribution >= 0.6 is 11.6 Å². The molecule has 0 spiro atoms. The number of pyridine rings is 2. The van der Waals surface area contributed by atoms with Crippen molar-refractivity contribution in [2.45, 2.75) is 6.54 Å². The summed E-state index contributed by atoms with van der Waals surface area (Å²) in [4.78, 5) is 31.5. The van der Waals surface area contributed by atoms with E-state index in [2.05, 4.69) is 15.3 Å². The molecule has 0 radical (unpaired) electrons. The van der Waals surface area contributed by atoms with Crippen molar-refractivity contribution in [3.63, 3.8) is 0 Å². The molecule has 0 bridgehead atoms. The predicted octanol–water partition coefficient (Wildman–Crippen LogP) is 2.51. The third kappa shape index (κ3) is 2.84. The molecular weight excluding hydrogens is 302 g/mol. The van der Waals surface area contributed by atoms with Crippen LogP contribution in [0.1, 0.15) is 16.1 Å². The molecule has 0 fully saturated rings. The number of carbonyl (C=O) groups is 1. The highest BCUT2D eigenvalue weighted by Gasteiger charge is 2.13. The van der Waals surface area contributed by atoms with Crippen LogP contribution in [0, 0.1) is 0 Å². The van der Waals surface area contributed by atoms with Crippen LogP contribution in [0.3, 0.4) is 0 Å². The smallest absolute Gasteiger partial charge is 0.257 e. The van der Waals surface area contributed by atoms with Gasteiger partial charge in [-0.05, 0) is 30.3 Å². The fourth-order valence-electron chi connectivity index (χ4n) is 2.13. The van der Waals surface area contributed by atoms with Gasteiger partial charge >= 0.3 is 0 Å². The molecular formula is C16H12ClN3O2. The Labute approximate surface area is 131 Å². The fourth-order valence-corrected chi connectivity index (χ4v) is 2.30. The maximum Gasteiger partial charge on any atom is 0.257 e. The lowest BCUT2D eigenvalue weighted by atomic mass is 10.1. The van der Waals surface area contributed by atoms with E-state index in [9.17, 15) is 9.59 Å². The quantitative estimate of drug-likeness (QED) is 0.780. The van der Waals surface area contributed by atoms with E-state index >= 15 is 0 Å². The number of hydrogen-bond acceptors (Lipinski definition) is 3. The summed E-state index contributed by atoms with van der Waals surface area (Å²) in [5, 5.41) is 3.63. The maximum atomic E-state index is 12.4. The van der Waals surface area contributed by atoms with Crippen molar-refractivity contribution in [2.75, 3.05) is 0 Å². The summed E-state index contributed by atoms with van der Waals surface area (Å²) in [5.74, 6) is -0.441. The van der Waals surface area contributed by atoms with Gasteiger partial charge in [-0.25, -0.2) is 0 Å². The molecule has 2 N–H and O–H groups in total. The highest BCUT2D eigenvalue weighted by atomic mass is 35.5. The Bertz CT molecular complexity index is 891. The molecule has 1 amide bonds. The fraction of sp³-hybridized carbons (Fsp3) is 0.0625. The number of nitrogens with one attached hydrogen (secondary N) is 2. The first-order valence-corrected chi connectivity index (χ1v) is 7.02. The van der Waals surface area contributed by atoms with Crippen molar-refractivity contribution < 1.29 is 4.79 Å². The van der Waals surface area contributed by atoms with E-state index < -0.39 is 5.91 Å². The predicted molar refractivity (Wildman–Crippen MR) is 85.0 cm³/mol. The van der Waals surface area contributed by atoms with Gasteiger partial charge in [0.2, 0.25) is 5.43 Å². The number of halogens is 1. The van der Waals surface area contributed by atoms with E-state index in [1.54, 1.807) is 36.5 Å². The van der Waals surface area contributed by atoms with Gasteiger partial charge in [0.15, 0.2) is 0 Å². The zero-order valence-corrected chi connectivity index (χ0v) is 12.2. The normalized spacial score (nSPS) is 10.6. The van der Waals surface area contributed by atoms with Crippen LogP contribution in [0.25, 0.3) is 10.9 Å². The van der Waals surface area contributed by atoms with Gasteiger partial charge in [-0.3, -0.25) is 14.6 Å². The van der Waals surface area contributed by atoms with E-state index in [-0.39, 0.29) is 17.5 Å². The van der Waals surface area contributed by atoms with Crippen LogP contribution in [0.15, 0.2) is 53.6 Å². The molecule has 1 aromatic carbocycles. The van der Waals surface area contributed by atoms with Crippen molar-refractivity contribution in [1.29, 1.82) is 0 Å². The number of fused-ring (bicyclic) bond motifs is 1. The number of benzene rings is 1. The molecule has 0 aliphatic rings. The second kappa shape index (κ2) is 5.99. The number of rotatable bonds is 3. The molecule has 0 unspecified atom stereocenters. The molecule has 6 heteroatoms. The standard InChI is InChI=1S/C16H12ClN3O2/c17-10-4-5-12-14(7-10)19-9-13(15(12)21)16(22)20-8-11-3-1-2-6-18-11/h1-7,9H,8H2,(H,19,21)(H,20,22). The van der Waals surface area contributed by atoms with Crippen molar-refractivity contribution in [3.8, 4) is 0 Å². The van der Waals surface area contributed by atoms with Gasteiger partial charge in [0.25, 0.3) is 5.91 Å². The molecule has 110 valence electrons. The van der Waals surface area contributed by atoms with Gasteiger partial charge in [-0.2, -0.15) is 0 Å². The third-order valence-electron chi connectivity index (χ3n) is 3.24. The number of nitrogens with zero attached hydrogens (tertiary/aromatic N) is 1. The average Bonchev–Trinajstić information content (AvgIpc) is 2.54. The van der Waals surface area contributed by atoms with Gasteiger partial charge in [0.05, 0.1) is 17.8 Å². The zero-order valence-electron chi connectivity index (χ0n) is 11.5. The minimum Gasteiger partial charge on any atom is -0.360 e. The van der Waals surface area contributed by atoms with Gasteiger partial charge in [0, 0.05) is 22.8 Å². The first-order chi connectivity index (χ1) is 10.6. The van der Waals surface area contributed by atoms with Crippen LogP contribution in [0.2, 0.25) is 5.02 Å². The molecule has 0 saturated heterocycles. The second-order valence-corrected chi connectivity index (χ2v) is 5.16. The number of hydrogen-bond donors (Lipinski definition) is 2. The summed E-state index contributed by atoms with van der Waals surface area (Å²) in [7, 11) is 0. The Morgan fingerprint density at radius 2 is 2.14 bits per heavy atom. The highest BCUT2D eigenvalue weighted by molar-refractivity contribution is 6.31. The molecule has 0 aliphatic heterocycles. The Morgan fingerprint density at radius 3 is 2.91 bits per heavy atom. The molecule has 2 aromatic heterocycles. The second-order valence-electron chi connectivity index (χ2n) is 4.73. The van der Waals surface area contributed by atoms with E-state index in [0.29, 0.717) is 15.9 Å². The Kier molecular flexibility index (Phi) is 3.89. The highest BCUT2D eigenvalue weighted by Crippen LogP contribution is 2.15. The van der Waals surface area contributed by atoms with Crippen molar-refractivity contribution >= 4 is 28.4 Å². The number of carbonyl (C=O) groups excluding carboxylic acids is 1. The van der Waals surface area contributed by atoms with Crippen molar-refractivity contribution in [2.24, 2.45) is 0 Å². The average molecular weight is 314 g/mol. The number of aromatic amines is 1. The van der Waals surface area contributed by atoms with Crippen LogP contribution in [0.4, 0.5) is 0 Å². The molecule has 5 nitrogen and oxygen atoms in total. The van der Waals surface area contributed by atoms with Gasteiger partial charge in [0.1, 0.15) is 5.56 Å². The van der Waals surface area contributed by atoms with Gasteiger partial charge in [-0.15, -0.1) is 0 Å². The van der Waals surface area contributed by atoms with Gasteiger partial charge < -0.3 is 10.3 Å². The topological polar surface area (TPSA) is 74.8 Å². The van der Waals surface area contributed by atoms with Crippen molar-refractivity contribution in [3.05, 3.63) is 75.3 Å². The minimum absolute atomic E-state index is 0.0609. The van der Waals surface area contributed by atoms with Crippen LogP contribution in [-0.4, -0.2) is 15.9 Å². The summed E-state index contributed by atoms with van der Waals surface area (Å²) in [6, 6.07) is 10.3. The lowest BCUT2D eigenvalue weighted by molar-refractivity contribution is 0.0949. The number of H-pyrrole nitrogens is 1. The van der Waals surface area contributed by atoms with Crippen LogP contribution in [-0.2, 0) is 6.54 Å². The summed E-state index contributed by atoms with van der Waals surface area (Å²) in [6.45, 7) is 0.262. The molecule has 22 heavy (non-hydrogen) atoms. The first kappa shape index (κ1) is 14.3. The van der Waals surface area contributed by atoms with E-state index in [0.717, 1.165) is 5.69 Å². The monoisotopic (exact) mass is 313 g/mol. The molecule has 0 saturated carbocycles. The van der Waals surface area contributed by atoms with Gasteiger partial charge in [-0.1, -0.05) is 17.7 Å². The molecule has 3 aromatic rings. The Hall–Kier alpha value is -2.66. The summed E-state index contributed by atoms with van der Waals surface area (Å²) >= 11 is 5.88. The van der Waals surface area contributed by atoms with Crippen molar-refractivity contribution in [1.82, 2.24) is 15.3 Å². The van der Waals surface area contributed by atoms with Crippen LogP contribution in [0.5, 0.6) is 0 Å². The van der Waals surface area contributed by atoms with E-state index in [1.807, 2.05) is 6.07 Å². The maximum absolute atomic E-state index is 12.4. The Balaban J connectivity index is 1.87. The lowest BCUT2D eigenvalue weighted by Gasteiger charge is -2.06. The molecule has 0 aliphatic carbocycles. The van der Waals surface area contributed by atoms with E-state index in [4.69, 9.17) is 11.6 Å².